The van der Waals surface area contributed by atoms with Crippen LogP contribution in [0.4, 0.5) is 0 Å². The number of benzene rings is 1. The van der Waals surface area contributed by atoms with Crippen LogP contribution in [0.1, 0.15) is 16.5 Å². The Balaban J connectivity index is 1.66. The number of aliphatic carboxylic acids is 1. The van der Waals surface area contributed by atoms with Crippen molar-refractivity contribution in [2.45, 2.75) is 11.6 Å². The van der Waals surface area contributed by atoms with E-state index in [9.17, 15) is 24.6 Å². The number of likely N-dealkylation sites (tertiary alicyclic amines) is 1. The molecular weight excluding hydrogens is 472 g/mol. The summed E-state index contributed by atoms with van der Waals surface area (Å²) in [6, 6.07) is 12.4. The zero-order valence-electron chi connectivity index (χ0n) is 15.7. The number of nitrogens with zero attached hydrogens (tertiary/aromatic N) is 1. The molecule has 0 spiro atoms. The Bertz CT molecular complexity index is 1020. The highest BCUT2D eigenvalue weighted by Gasteiger charge is 2.68. The fraction of sp³-hybridized carbons (Fsp3) is 0.286. The third-order valence-corrected chi connectivity index (χ3v) is 7.38. The van der Waals surface area contributed by atoms with Crippen molar-refractivity contribution < 1.29 is 24.6 Å². The summed E-state index contributed by atoms with van der Waals surface area (Å²) in [5, 5.41) is 22.7. The van der Waals surface area contributed by atoms with Gasteiger partial charge in [0, 0.05) is 11.4 Å². The van der Waals surface area contributed by atoms with Gasteiger partial charge in [-0.3, -0.25) is 24.6 Å². The molecule has 0 bridgehead atoms. The lowest BCUT2D eigenvalue weighted by molar-refractivity contribution is -0.153. The summed E-state index contributed by atoms with van der Waals surface area (Å²) in [6.07, 6.45) is 3.51. The highest BCUT2D eigenvalue weighted by molar-refractivity contribution is 9.11. The molecule has 3 heterocycles. The van der Waals surface area contributed by atoms with E-state index in [2.05, 4.69) is 21.2 Å². The number of hydrogen-bond donors (Lipinski definition) is 3. The second-order valence-electron chi connectivity index (χ2n) is 7.30. The van der Waals surface area contributed by atoms with Gasteiger partial charge in [0.15, 0.2) is 5.54 Å². The molecule has 4 atom stereocenters. The Kier molecular flexibility index (Phi) is 5.63. The normalized spacial score (nSPS) is 28.5. The molecule has 1 aromatic heterocycles. The molecule has 2 saturated heterocycles. The lowest BCUT2D eigenvalue weighted by Crippen LogP contribution is -2.58. The number of aliphatic hydroxyl groups excluding tert-OH is 1. The SMILES string of the molecule is O=C1C2C(c3ccc(Br)s3)NC(CO)(C(=O)O)C2C(=O)N1CC=Cc1ccccc1. The Morgan fingerprint density at radius 2 is 1.93 bits per heavy atom. The number of carbonyl (C=O) groups excluding carboxylic acids is 2. The van der Waals surface area contributed by atoms with Crippen LogP contribution in [0.15, 0.2) is 52.3 Å². The van der Waals surface area contributed by atoms with Gasteiger partial charge in [-0.25, -0.2) is 0 Å². The monoisotopic (exact) mass is 490 g/mol. The molecule has 0 radical (unpaired) electrons. The van der Waals surface area contributed by atoms with Crippen LogP contribution in [0.25, 0.3) is 6.08 Å². The highest BCUT2D eigenvalue weighted by atomic mass is 79.9. The van der Waals surface area contributed by atoms with Crippen LogP contribution in [0.3, 0.4) is 0 Å². The minimum Gasteiger partial charge on any atom is -0.480 e. The van der Waals surface area contributed by atoms with Crippen molar-refractivity contribution in [3.05, 3.63) is 62.8 Å². The maximum Gasteiger partial charge on any atom is 0.327 e. The smallest absolute Gasteiger partial charge is 0.327 e. The summed E-state index contributed by atoms with van der Waals surface area (Å²) < 4.78 is 0.826. The number of hydrogen-bond acceptors (Lipinski definition) is 6. The summed E-state index contributed by atoms with van der Waals surface area (Å²) in [6.45, 7) is -0.749. The van der Waals surface area contributed by atoms with Crippen LogP contribution in [0, 0.1) is 11.8 Å². The fourth-order valence-corrected chi connectivity index (χ4v) is 5.77. The van der Waals surface area contributed by atoms with Gasteiger partial charge in [0.25, 0.3) is 0 Å². The number of nitrogens with one attached hydrogen (secondary N) is 1. The van der Waals surface area contributed by atoms with E-state index in [0.717, 1.165) is 19.1 Å². The maximum atomic E-state index is 13.2. The van der Waals surface area contributed by atoms with Gasteiger partial charge in [-0.15, -0.1) is 11.3 Å². The van der Waals surface area contributed by atoms with Gasteiger partial charge in [0.05, 0.1) is 28.3 Å². The molecule has 4 rings (SSSR count). The standard InChI is InChI=1S/C21H19BrN2O5S/c22-14-9-8-13(30-14)17-15-16(21(11-25,23-17)20(28)29)19(27)24(18(15)26)10-4-7-12-5-2-1-3-6-12/h1-9,15-17,23,25H,10-11H2,(H,28,29). The lowest BCUT2D eigenvalue weighted by Gasteiger charge is -2.28. The van der Waals surface area contributed by atoms with E-state index in [1.165, 1.54) is 11.3 Å². The minimum atomic E-state index is -1.91. The first-order valence-corrected chi connectivity index (χ1v) is 10.9. The second kappa shape index (κ2) is 8.07. The van der Waals surface area contributed by atoms with E-state index in [0.29, 0.717) is 0 Å². The summed E-state index contributed by atoms with van der Waals surface area (Å²) in [5.74, 6) is -4.42. The first-order valence-electron chi connectivity index (χ1n) is 9.33. The van der Waals surface area contributed by atoms with Gasteiger partial charge in [-0.1, -0.05) is 42.5 Å². The number of carbonyl (C=O) groups is 3. The van der Waals surface area contributed by atoms with Crippen LogP contribution in [0.2, 0.25) is 0 Å². The van der Waals surface area contributed by atoms with Crippen LogP contribution >= 0.6 is 27.3 Å². The predicted octanol–water partition coefficient (Wildman–Crippen LogP) is 2.29. The number of amides is 2. The number of imide groups is 1. The van der Waals surface area contributed by atoms with Crippen molar-refractivity contribution in [3.63, 3.8) is 0 Å². The van der Waals surface area contributed by atoms with Gasteiger partial charge in [0.2, 0.25) is 11.8 Å². The topological polar surface area (TPSA) is 107 Å². The van der Waals surface area contributed by atoms with E-state index in [1.807, 2.05) is 30.3 Å². The molecule has 30 heavy (non-hydrogen) atoms. The van der Waals surface area contributed by atoms with Gasteiger partial charge >= 0.3 is 5.97 Å². The minimum absolute atomic E-state index is 0.0432. The quantitative estimate of drug-likeness (QED) is 0.536. The third kappa shape index (κ3) is 3.31. The van der Waals surface area contributed by atoms with Crippen molar-refractivity contribution in [3.8, 4) is 0 Å². The summed E-state index contributed by atoms with van der Waals surface area (Å²) in [7, 11) is 0. The number of carboxylic acids is 1. The van der Waals surface area contributed by atoms with Crippen molar-refractivity contribution >= 4 is 51.1 Å². The predicted molar refractivity (Wildman–Crippen MR) is 115 cm³/mol. The second-order valence-corrected chi connectivity index (χ2v) is 9.80. The van der Waals surface area contributed by atoms with Crippen molar-refractivity contribution in [2.24, 2.45) is 11.8 Å². The average Bonchev–Trinajstić information content (AvgIpc) is 3.39. The van der Waals surface area contributed by atoms with Gasteiger partial charge < -0.3 is 10.2 Å². The summed E-state index contributed by atoms with van der Waals surface area (Å²) in [5.41, 5.74) is -0.980. The molecule has 0 aliphatic carbocycles. The first-order chi connectivity index (χ1) is 14.4. The number of aliphatic hydroxyl groups is 1. The van der Waals surface area contributed by atoms with E-state index >= 15 is 0 Å². The number of carboxylic acid groups (broad SMARTS) is 1. The molecule has 9 heteroatoms. The molecule has 2 fully saturated rings. The Morgan fingerprint density at radius 3 is 2.53 bits per heavy atom. The molecule has 7 nitrogen and oxygen atoms in total. The fourth-order valence-electron chi connectivity index (χ4n) is 4.25. The van der Waals surface area contributed by atoms with Crippen molar-refractivity contribution in [1.82, 2.24) is 10.2 Å². The average molecular weight is 491 g/mol. The van der Waals surface area contributed by atoms with Crippen LogP contribution < -0.4 is 5.32 Å². The Hall–Kier alpha value is -2.33. The zero-order valence-corrected chi connectivity index (χ0v) is 18.1. The lowest BCUT2D eigenvalue weighted by atomic mass is 9.80. The largest absolute Gasteiger partial charge is 0.480 e. The van der Waals surface area contributed by atoms with E-state index in [4.69, 9.17) is 0 Å². The van der Waals surface area contributed by atoms with Crippen LogP contribution in [0.5, 0.6) is 0 Å². The van der Waals surface area contributed by atoms with Crippen molar-refractivity contribution in [2.75, 3.05) is 13.2 Å². The summed E-state index contributed by atoms with van der Waals surface area (Å²) in [4.78, 5) is 40.3. The molecule has 2 aliphatic heterocycles. The van der Waals surface area contributed by atoms with Gasteiger partial charge in [0.1, 0.15) is 0 Å². The molecule has 2 amide bonds. The number of fused-ring (bicyclic) bond motifs is 1. The van der Waals surface area contributed by atoms with E-state index in [-0.39, 0.29) is 6.54 Å². The summed E-state index contributed by atoms with van der Waals surface area (Å²) >= 11 is 4.74. The molecule has 2 aliphatic rings. The molecule has 0 saturated carbocycles. The van der Waals surface area contributed by atoms with E-state index in [1.54, 1.807) is 24.3 Å². The number of rotatable bonds is 6. The Morgan fingerprint density at radius 1 is 1.20 bits per heavy atom. The molecule has 4 unspecified atom stereocenters. The highest BCUT2D eigenvalue weighted by Crippen LogP contribution is 2.50. The third-order valence-electron chi connectivity index (χ3n) is 5.67. The molecule has 3 N–H and O–H groups in total. The maximum absolute atomic E-state index is 13.2. The molecule has 156 valence electrons. The molecular formula is C21H19BrN2O5S. The number of halogens is 1. The van der Waals surface area contributed by atoms with Crippen LogP contribution in [-0.4, -0.2) is 51.6 Å². The van der Waals surface area contributed by atoms with Crippen LogP contribution in [-0.2, 0) is 14.4 Å². The zero-order chi connectivity index (χ0) is 21.5. The number of thiophene rings is 1. The Labute approximate surface area is 185 Å². The first kappa shape index (κ1) is 20.9. The molecule has 2 aromatic rings. The van der Waals surface area contributed by atoms with E-state index < -0.39 is 47.8 Å². The van der Waals surface area contributed by atoms with Gasteiger partial charge in [-0.2, -0.15) is 0 Å². The molecule has 1 aromatic carbocycles. The van der Waals surface area contributed by atoms with Gasteiger partial charge in [-0.05, 0) is 33.6 Å². The van der Waals surface area contributed by atoms with Crippen molar-refractivity contribution in [1.29, 1.82) is 0 Å².